The van der Waals surface area contributed by atoms with Gasteiger partial charge >= 0.3 is 6.03 Å². The summed E-state index contributed by atoms with van der Waals surface area (Å²) in [6, 6.07) is 8.13. The van der Waals surface area contributed by atoms with Gasteiger partial charge in [-0.1, -0.05) is 11.2 Å². The molecular weight excluding hydrogens is 260 g/mol. The van der Waals surface area contributed by atoms with Gasteiger partial charge in [-0.05, 0) is 18.2 Å². The van der Waals surface area contributed by atoms with Crippen LogP contribution in [0.3, 0.4) is 0 Å². The van der Waals surface area contributed by atoms with Crippen molar-refractivity contribution >= 4 is 11.7 Å². The average Bonchev–Trinajstić information content (AvgIpc) is 2.93. The highest BCUT2D eigenvalue weighted by Crippen LogP contribution is 2.09. The van der Waals surface area contributed by atoms with Crippen LogP contribution in [0.2, 0.25) is 0 Å². The minimum absolute atomic E-state index is 0.0940. The molecule has 0 spiro atoms. The topological polar surface area (TPSA) is 130 Å². The van der Waals surface area contributed by atoms with Crippen molar-refractivity contribution in [1.29, 1.82) is 5.26 Å². The molecule has 0 bridgehead atoms. The predicted octanol–water partition coefficient (Wildman–Crippen LogP) is 0.722. The largest absolute Gasteiger partial charge is 0.337 e. The summed E-state index contributed by atoms with van der Waals surface area (Å²) in [5.41, 5.74) is 6.33. The Morgan fingerprint density at radius 2 is 2.35 bits per heavy atom. The van der Waals surface area contributed by atoms with Crippen LogP contribution in [0.25, 0.3) is 0 Å². The lowest BCUT2D eigenvalue weighted by Crippen LogP contribution is -2.28. The zero-order chi connectivity index (χ0) is 14.4. The lowest BCUT2D eigenvalue weighted by molar-refractivity contribution is 0.249. The summed E-state index contributed by atoms with van der Waals surface area (Å²) in [6.45, 7) is 0.271. The molecule has 2 rings (SSSR count). The first-order valence-electron chi connectivity index (χ1n) is 5.78. The molecule has 1 heterocycles. The summed E-state index contributed by atoms with van der Waals surface area (Å²) in [6.07, 6.45) is 0. The van der Waals surface area contributed by atoms with E-state index in [4.69, 9.17) is 15.5 Å². The van der Waals surface area contributed by atoms with Crippen LogP contribution in [0.5, 0.6) is 0 Å². The molecule has 0 aliphatic heterocycles. The second kappa shape index (κ2) is 6.31. The summed E-state index contributed by atoms with van der Waals surface area (Å²) in [5.74, 6) is 0.648. The van der Waals surface area contributed by atoms with E-state index in [-0.39, 0.29) is 19.0 Å². The van der Waals surface area contributed by atoms with E-state index < -0.39 is 6.03 Å². The third kappa shape index (κ3) is 3.54. The van der Waals surface area contributed by atoms with Gasteiger partial charge in [-0.2, -0.15) is 10.2 Å². The molecule has 0 saturated heterocycles. The van der Waals surface area contributed by atoms with E-state index in [1.165, 1.54) is 0 Å². The van der Waals surface area contributed by atoms with E-state index in [9.17, 15) is 4.79 Å². The molecule has 1 aromatic heterocycles. The summed E-state index contributed by atoms with van der Waals surface area (Å²) in [7, 11) is 0. The number of amides is 2. The molecule has 1 aromatic carbocycles. The fraction of sp³-hybridized carbons (Fsp3) is 0.167. The van der Waals surface area contributed by atoms with Gasteiger partial charge in [-0.15, -0.1) is 0 Å². The minimum Gasteiger partial charge on any atom is -0.337 e. The Balaban J connectivity index is 1.87. The number of carbonyl (C=O) groups is 1. The van der Waals surface area contributed by atoms with Crippen molar-refractivity contribution in [2.45, 2.75) is 13.1 Å². The summed E-state index contributed by atoms with van der Waals surface area (Å²) in [5, 5.41) is 17.5. The van der Waals surface area contributed by atoms with Gasteiger partial charge in [-0.3, -0.25) is 0 Å². The van der Waals surface area contributed by atoms with Gasteiger partial charge in [0.15, 0.2) is 5.82 Å². The monoisotopic (exact) mass is 272 g/mol. The van der Waals surface area contributed by atoms with Crippen molar-refractivity contribution in [3.8, 4) is 6.07 Å². The maximum absolute atomic E-state index is 11.6. The molecule has 2 aromatic rings. The third-order valence-electron chi connectivity index (χ3n) is 2.34. The standard InChI is InChI=1S/C12H12N6O2/c13-5-8-2-1-3-9(4-8)16-12(19)15-7-11-17-10(6-14)18-20-11/h1-4H,6-7,14H2,(H2,15,16,19). The molecule has 0 radical (unpaired) electrons. The second-order valence-electron chi connectivity index (χ2n) is 3.81. The number of anilines is 1. The van der Waals surface area contributed by atoms with E-state index in [1.807, 2.05) is 6.07 Å². The minimum atomic E-state index is -0.437. The molecule has 8 heteroatoms. The highest BCUT2D eigenvalue weighted by atomic mass is 16.5. The first kappa shape index (κ1) is 13.5. The number of hydrogen-bond donors (Lipinski definition) is 3. The van der Waals surface area contributed by atoms with Crippen molar-refractivity contribution in [3.05, 3.63) is 41.5 Å². The normalized spacial score (nSPS) is 9.80. The van der Waals surface area contributed by atoms with Crippen molar-refractivity contribution in [2.75, 3.05) is 5.32 Å². The number of nitriles is 1. The number of carbonyl (C=O) groups excluding carboxylic acids is 1. The number of benzene rings is 1. The van der Waals surface area contributed by atoms with Gasteiger partial charge < -0.3 is 20.9 Å². The van der Waals surface area contributed by atoms with Gasteiger partial charge in [0, 0.05) is 5.69 Å². The maximum Gasteiger partial charge on any atom is 0.319 e. The Bertz CT molecular complexity index is 645. The number of nitrogens with zero attached hydrogens (tertiary/aromatic N) is 3. The Kier molecular flexibility index (Phi) is 4.26. The average molecular weight is 272 g/mol. The van der Waals surface area contributed by atoms with Gasteiger partial charge in [-0.25, -0.2) is 4.79 Å². The molecular formula is C12H12N6O2. The molecule has 0 saturated carbocycles. The Hall–Kier alpha value is -2.92. The highest BCUT2D eigenvalue weighted by Gasteiger charge is 2.07. The number of rotatable bonds is 4. The summed E-state index contributed by atoms with van der Waals surface area (Å²) < 4.78 is 4.87. The van der Waals surface area contributed by atoms with E-state index in [1.54, 1.807) is 24.3 Å². The van der Waals surface area contributed by atoms with Crippen LogP contribution in [0.1, 0.15) is 17.3 Å². The number of aromatic nitrogens is 2. The molecule has 20 heavy (non-hydrogen) atoms. The summed E-state index contributed by atoms with van der Waals surface area (Å²) >= 11 is 0. The Morgan fingerprint density at radius 1 is 1.50 bits per heavy atom. The first-order valence-corrected chi connectivity index (χ1v) is 5.78. The van der Waals surface area contributed by atoms with Crippen LogP contribution in [0.4, 0.5) is 10.5 Å². The number of hydrogen-bond acceptors (Lipinski definition) is 6. The molecule has 0 atom stereocenters. The maximum atomic E-state index is 11.6. The zero-order valence-corrected chi connectivity index (χ0v) is 10.5. The summed E-state index contributed by atoms with van der Waals surface area (Å²) in [4.78, 5) is 15.6. The van der Waals surface area contributed by atoms with Gasteiger partial charge in [0.25, 0.3) is 0 Å². The SMILES string of the molecule is N#Cc1cccc(NC(=O)NCc2nc(CN)no2)c1. The fourth-order valence-electron chi connectivity index (χ4n) is 1.44. The fourth-order valence-corrected chi connectivity index (χ4v) is 1.44. The number of urea groups is 1. The Morgan fingerprint density at radius 3 is 3.05 bits per heavy atom. The van der Waals surface area contributed by atoms with Crippen LogP contribution in [0.15, 0.2) is 28.8 Å². The van der Waals surface area contributed by atoms with Crippen molar-refractivity contribution in [1.82, 2.24) is 15.5 Å². The van der Waals surface area contributed by atoms with Gasteiger partial charge in [0.1, 0.15) is 0 Å². The molecule has 2 amide bonds. The molecule has 4 N–H and O–H groups in total. The smallest absolute Gasteiger partial charge is 0.319 e. The van der Waals surface area contributed by atoms with Crippen LogP contribution in [0, 0.1) is 11.3 Å². The Labute approximate surface area is 114 Å². The first-order chi connectivity index (χ1) is 9.71. The van der Waals surface area contributed by atoms with Gasteiger partial charge in [0.2, 0.25) is 5.89 Å². The van der Waals surface area contributed by atoms with E-state index in [0.717, 1.165) is 0 Å². The predicted molar refractivity (Wildman–Crippen MR) is 69.2 cm³/mol. The molecule has 0 unspecified atom stereocenters. The molecule has 0 aliphatic rings. The van der Waals surface area contributed by atoms with Gasteiger partial charge in [0.05, 0.1) is 24.7 Å². The second-order valence-corrected chi connectivity index (χ2v) is 3.81. The highest BCUT2D eigenvalue weighted by molar-refractivity contribution is 5.89. The molecule has 8 nitrogen and oxygen atoms in total. The molecule has 0 fully saturated rings. The van der Waals surface area contributed by atoms with Crippen LogP contribution in [-0.4, -0.2) is 16.2 Å². The van der Waals surface area contributed by atoms with Crippen molar-refractivity contribution in [3.63, 3.8) is 0 Å². The van der Waals surface area contributed by atoms with Crippen molar-refractivity contribution < 1.29 is 9.32 Å². The van der Waals surface area contributed by atoms with Crippen LogP contribution in [-0.2, 0) is 13.1 Å². The van der Waals surface area contributed by atoms with E-state index in [0.29, 0.717) is 17.1 Å². The lowest BCUT2D eigenvalue weighted by Gasteiger charge is -2.05. The third-order valence-corrected chi connectivity index (χ3v) is 2.34. The molecule has 0 aliphatic carbocycles. The zero-order valence-electron chi connectivity index (χ0n) is 10.5. The van der Waals surface area contributed by atoms with Crippen molar-refractivity contribution in [2.24, 2.45) is 5.73 Å². The van der Waals surface area contributed by atoms with E-state index in [2.05, 4.69) is 20.8 Å². The number of nitrogens with two attached hydrogens (primary N) is 1. The lowest BCUT2D eigenvalue weighted by atomic mass is 10.2. The van der Waals surface area contributed by atoms with E-state index >= 15 is 0 Å². The molecule has 102 valence electrons. The quantitative estimate of drug-likeness (QED) is 0.751. The van der Waals surface area contributed by atoms with Crippen LogP contribution < -0.4 is 16.4 Å². The number of nitrogens with one attached hydrogen (secondary N) is 2. The van der Waals surface area contributed by atoms with Crippen LogP contribution >= 0.6 is 0 Å².